The number of allylic oxidation sites excluding steroid dienone is 1. The van der Waals surface area contributed by atoms with E-state index >= 15 is 0 Å². The van der Waals surface area contributed by atoms with Crippen LogP contribution >= 0.6 is 0 Å². The molecule has 1 atom stereocenters. The molecule has 1 aliphatic carbocycles. The van der Waals surface area contributed by atoms with Gasteiger partial charge in [-0.3, -0.25) is 0 Å². The Morgan fingerprint density at radius 1 is 0.609 bits per heavy atom. The van der Waals surface area contributed by atoms with Crippen LogP contribution in [0.3, 0.4) is 0 Å². The van der Waals surface area contributed by atoms with Gasteiger partial charge in [-0.25, -0.2) is 0 Å². The number of hydrogen-bond donors (Lipinski definition) is 0. The molecule has 0 bridgehead atoms. The summed E-state index contributed by atoms with van der Waals surface area (Å²) in [5.74, 6) is 0.413. The fraction of sp³-hybridized carbons (Fsp3) is 0.130. The predicted octanol–water partition coefficient (Wildman–Crippen LogP) is 5.85. The maximum atomic E-state index is 2.40. The van der Waals surface area contributed by atoms with Crippen LogP contribution in [0, 0.1) is 0 Å². The second-order valence-electron chi connectivity index (χ2n) is 6.18. The zero-order valence-corrected chi connectivity index (χ0v) is 13.2. The molecule has 0 spiro atoms. The van der Waals surface area contributed by atoms with Gasteiger partial charge in [-0.1, -0.05) is 96.6 Å². The highest BCUT2D eigenvalue weighted by Gasteiger charge is 2.25. The highest BCUT2D eigenvalue weighted by Crippen LogP contribution is 2.42. The molecule has 0 radical (unpaired) electrons. The molecule has 3 aromatic carbocycles. The lowest BCUT2D eigenvalue weighted by molar-refractivity contribution is 0.849. The Morgan fingerprint density at radius 3 is 2.04 bits per heavy atom. The zero-order chi connectivity index (χ0) is 15.5. The highest BCUT2D eigenvalue weighted by molar-refractivity contribution is 5.69. The van der Waals surface area contributed by atoms with E-state index in [1.54, 1.807) is 0 Å². The highest BCUT2D eigenvalue weighted by atomic mass is 14.3. The Hall–Kier alpha value is -2.60. The summed E-state index contributed by atoms with van der Waals surface area (Å²) in [6.45, 7) is 0. The fourth-order valence-corrected chi connectivity index (χ4v) is 3.58. The van der Waals surface area contributed by atoms with E-state index in [2.05, 4.69) is 91.0 Å². The van der Waals surface area contributed by atoms with E-state index < -0.39 is 0 Å². The van der Waals surface area contributed by atoms with Crippen molar-refractivity contribution >= 4 is 6.08 Å². The van der Waals surface area contributed by atoms with Crippen molar-refractivity contribution < 1.29 is 0 Å². The Kier molecular flexibility index (Phi) is 3.81. The molecule has 0 N–H and O–H groups in total. The molecule has 0 saturated carbocycles. The molecule has 1 aliphatic rings. The molecule has 0 nitrogen and oxygen atoms in total. The monoisotopic (exact) mass is 296 g/mol. The van der Waals surface area contributed by atoms with Crippen molar-refractivity contribution in [3.63, 3.8) is 0 Å². The summed E-state index contributed by atoms with van der Waals surface area (Å²) in [7, 11) is 0. The summed E-state index contributed by atoms with van der Waals surface area (Å²) < 4.78 is 0. The molecular weight excluding hydrogens is 276 g/mol. The molecule has 112 valence electrons. The third-order valence-corrected chi connectivity index (χ3v) is 4.70. The summed E-state index contributed by atoms with van der Waals surface area (Å²) in [5.41, 5.74) is 7.17. The molecule has 3 aromatic rings. The molecule has 0 saturated heterocycles. The van der Waals surface area contributed by atoms with E-state index in [0.717, 1.165) is 12.8 Å². The van der Waals surface area contributed by atoms with Gasteiger partial charge in [0.05, 0.1) is 0 Å². The molecule has 0 aliphatic heterocycles. The van der Waals surface area contributed by atoms with Crippen LogP contribution < -0.4 is 0 Å². The van der Waals surface area contributed by atoms with Crippen molar-refractivity contribution in [3.8, 4) is 0 Å². The average molecular weight is 296 g/mol. The van der Waals surface area contributed by atoms with E-state index in [-0.39, 0.29) is 0 Å². The van der Waals surface area contributed by atoms with Crippen LogP contribution in [-0.4, -0.2) is 0 Å². The van der Waals surface area contributed by atoms with Gasteiger partial charge in [0.2, 0.25) is 0 Å². The van der Waals surface area contributed by atoms with Gasteiger partial charge in [-0.15, -0.1) is 0 Å². The number of hydrogen-bond acceptors (Lipinski definition) is 0. The van der Waals surface area contributed by atoms with Crippen LogP contribution in [0.2, 0.25) is 0 Å². The molecule has 0 amide bonds. The molecular formula is C23H20. The quantitative estimate of drug-likeness (QED) is 0.566. The first kappa shape index (κ1) is 14.0. The van der Waals surface area contributed by atoms with Crippen LogP contribution in [0.1, 0.15) is 34.6 Å². The molecule has 0 aromatic heterocycles. The van der Waals surface area contributed by atoms with Crippen LogP contribution in [0.15, 0.2) is 90.5 Å². The standard InChI is InChI=1S/C23H20/c1-3-9-18(10-4-1)15-16-21-17-20-13-7-8-14-22(20)23(21)19-11-5-2-6-12-19/h1-14,17,23H,15-16H2. The number of fused-ring (bicyclic) bond motifs is 1. The van der Waals surface area contributed by atoms with Crippen molar-refractivity contribution in [2.45, 2.75) is 18.8 Å². The van der Waals surface area contributed by atoms with Gasteiger partial charge in [-0.05, 0) is 35.1 Å². The van der Waals surface area contributed by atoms with Gasteiger partial charge in [0, 0.05) is 5.92 Å². The smallest absolute Gasteiger partial charge is 0.0308 e. The first-order valence-corrected chi connectivity index (χ1v) is 8.30. The normalized spacial score (nSPS) is 16.0. The van der Waals surface area contributed by atoms with Crippen LogP contribution in [0.25, 0.3) is 6.08 Å². The predicted molar refractivity (Wildman–Crippen MR) is 97.5 cm³/mol. The number of benzene rings is 3. The minimum atomic E-state index is 0.413. The lowest BCUT2D eigenvalue weighted by atomic mass is 9.86. The topological polar surface area (TPSA) is 0 Å². The minimum Gasteiger partial charge on any atom is -0.0622 e. The van der Waals surface area contributed by atoms with Gasteiger partial charge in [0.25, 0.3) is 0 Å². The molecule has 0 fully saturated rings. The maximum Gasteiger partial charge on any atom is 0.0308 e. The van der Waals surface area contributed by atoms with Gasteiger partial charge in [0.15, 0.2) is 0 Å². The Labute approximate surface area is 138 Å². The minimum absolute atomic E-state index is 0.413. The second-order valence-corrected chi connectivity index (χ2v) is 6.18. The molecule has 4 rings (SSSR count). The molecule has 0 heteroatoms. The number of rotatable bonds is 4. The van der Waals surface area contributed by atoms with Crippen molar-refractivity contribution in [2.24, 2.45) is 0 Å². The Morgan fingerprint density at radius 2 is 1.26 bits per heavy atom. The van der Waals surface area contributed by atoms with E-state index in [4.69, 9.17) is 0 Å². The van der Waals surface area contributed by atoms with Crippen molar-refractivity contribution in [1.82, 2.24) is 0 Å². The van der Waals surface area contributed by atoms with E-state index in [1.807, 2.05) is 0 Å². The third kappa shape index (κ3) is 2.85. The Bertz CT molecular complexity index is 813. The second kappa shape index (κ2) is 6.26. The third-order valence-electron chi connectivity index (χ3n) is 4.70. The van der Waals surface area contributed by atoms with Gasteiger partial charge < -0.3 is 0 Å². The SMILES string of the molecule is C1=C(CCc2ccccc2)C(c2ccccc2)c2ccccc21. The average Bonchev–Trinajstić information content (AvgIpc) is 3.00. The zero-order valence-electron chi connectivity index (χ0n) is 13.2. The van der Waals surface area contributed by atoms with E-state index in [9.17, 15) is 0 Å². The van der Waals surface area contributed by atoms with Crippen molar-refractivity contribution in [2.75, 3.05) is 0 Å². The molecule has 23 heavy (non-hydrogen) atoms. The van der Waals surface area contributed by atoms with Crippen LogP contribution in [-0.2, 0) is 6.42 Å². The maximum absolute atomic E-state index is 2.40. The lowest BCUT2D eigenvalue weighted by Crippen LogP contribution is -2.02. The van der Waals surface area contributed by atoms with Crippen molar-refractivity contribution in [3.05, 3.63) is 113 Å². The largest absolute Gasteiger partial charge is 0.0622 e. The fourth-order valence-electron chi connectivity index (χ4n) is 3.58. The Balaban J connectivity index is 1.65. The van der Waals surface area contributed by atoms with Gasteiger partial charge in [0.1, 0.15) is 0 Å². The number of aryl methyl sites for hydroxylation is 1. The van der Waals surface area contributed by atoms with Crippen LogP contribution in [0.4, 0.5) is 0 Å². The lowest BCUT2D eigenvalue weighted by Gasteiger charge is -2.17. The first-order chi connectivity index (χ1) is 11.4. The van der Waals surface area contributed by atoms with Crippen molar-refractivity contribution in [1.29, 1.82) is 0 Å². The summed E-state index contributed by atoms with van der Waals surface area (Å²) in [6, 6.07) is 30.5. The first-order valence-electron chi connectivity index (χ1n) is 8.30. The van der Waals surface area contributed by atoms with E-state index in [1.165, 1.54) is 27.8 Å². The summed E-state index contributed by atoms with van der Waals surface area (Å²) in [4.78, 5) is 0. The molecule has 0 heterocycles. The molecule has 1 unspecified atom stereocenters. The summed E-state index contributed by atoms with van der Waals surface area (Å²) in [6.07, 6.45) is 4.61. The van der Waals surface area contributed by atoms with E-state index in [0.29, 0.717) is 5.92 Å². The van der Waals surface area contributed by atoms with Crippen LogP contribution in [0.5, 0.6) is 0 Å². The van der Waals surface area contributed by atoms with Gasteiger partial charge >= 0.3 is 0 Å². The summed E-state index contributed by atoms with van der Waals surface area (Å²) >= 11 is 0. The summed E-state index contributed by atoms with van der Waals surface area (Å²) in [5, 5.41) is 0. The van der Waals surface area contributed by atoms with Gasteiger partial charge in [-0.2, -0.15) is 0 Å².